The van der Waals surface area contributed by atoms with Crippen LogP contribution >= 0.6 is 0 Å². The number of furan rings is 1. The Hall–Kier alpha value is -4.00. The number of amides is 1. The lowest BCUT2D eigenvalue weighted by Gasteiger charge is -2.06. The molecule has 0 aliphatic rings. The van der Waals surface area contributed by atoms with Gasteiger partial charge in [0, 0.05) is 46.9 Å². The summed E-state index contributed by atoms with van der Waals surface area (Å²) in [6.07, 6.45) is 8.76. The van der Waals surface area contributed by atoms with Gasteiger partial charge in [-0.15, -0.1) is 0 Å². The standard InChI is InChI=1S/C21H15N5O2/c1-26-12-17(10-24-26)16-7-15-8-20(23-11-18(15)22-9-16)25-21(27)14-2-3-19-13(6-14)4-5-28-19/h2-12H,1H3,(H,23,25,27). The molecule has 4 heterocycles. The van der Waals surface area contributed by atoms with Gasteiger partial charge >= 0.3 is 0 Å². The summed E-state index contributed by atoms with van der Waals surface area (Å²) in [5.74, 6) is 0.237. The molecule has 5 rings (SSSR count). The zero-order valence-corrected chi connectivity index (χ0v) is 15.0. The molecular weight excluding hydrogens is 354 g/mol. The molecule has 0 saturated heterocycles. The molecule has 1 amide bonds. The Balaban J connectivity index is 1.45. The van der Waals surface area contributed by atoms with Crippen molar-refractivity contribution in [3.8, 4) is 11.1 Å². The van der Waals surface area contributed by atoms with E-state index >= 15 is 0 Å². The van der Waals surface area contributed by atoms with Gasteiger partial charge in [-0.3, -0.25) is 14.5 Å². The fourth-order valence-electron chi connectivity index (χ4n) is 3.12. The van der Waals surface area contributed by atoms with Crippen LogP contribution in [0.2, 0.25) is 0 Å². The molecule has 0 atom stereocenters. The fraction of sp³-hybridized carbons (Fsp3) is 0.0476. The quantitative estimate of drug-likeness (QED) is 0.519. The number of aromatic nitrogens is 4. The van der Waals surface area contributed by atoms with Crippen molar-refractivity contribution in [1.82, 2.24) is 19.7 Å². The lowest BCUT2D eigenvalue weighted by atomic mass is 10.1. The van der Waals surface area contributed by atoms with Crippen molar-refractivity contribution in [3.63, 3.8) is 0 Å². The van der Waals surface area contributed by atoms with Crippen LogP contribution in [0.15, 0.2) is 71.9 Å². The Labute approximate surface area is 159 Å². The van der Waals surface area contributed by atoms with Crippen molar-refractivity contribution in [2.24, 2.45) is 7.05 Å². The van der Waals surface area contributed by atoms with Gasteiger partial charge in [0.25, 0.3) is 5.91 Å². The first kappa shape index (κ1) is 16.2. The normalized spacial score (nSPS) is 11.2. The van der Waals surface area contributed by atoms with Gasteiger partial charge in [-0.25, -0.2) is 4.98 Å². The molecule has 1 aromatic carbocycles. The van der Waals surface area contributed by atoms with Crippen molar-refractivity contribution in [1.29, 1.82) is 0 Å². The topological polar surface area (TPSA) is 85.8 Å². The highest BCUT2D eigenvalue weighted by Gasteiger charge is 2.10. The number of carbonyl (C=O) groups is 1. The Morgan fingerprint density at radius 2 is 1.93 bits per heavy atom. The van der Waals surface area contributed by atoms with Gasteiger partial charge in [-0.1, -0.05) is 0 Å². The molecule has 136 valence electrons. The average molecular weight is 369 g/mol. The van der Waals surface area contributed by atoms with E-state index in [4.69, 9.17) is 4.42 Å². The maximum atomic E-state index is 12.6. The summed E-state index contributed by atoms with van der Waals surface area (Å²) < 4.78 is 7.06. The highest BCUT2D eigenvalue weighted by molar-refractivity contribution is 6.06. The van der Waals surface area contributed by atoms with E-state index in [1.165, 1.54) is 0 Å². The number of benzene rings is 1. The van der Waals surface area contributed by atoms with Gasteiger partial charge in [0.15, 0.2) is 0 Å². The Morgan fingerprint density at radius 3 is 2.79 bits per heavy atom. The highest BCUT2D eigenvalue weighted by atomic mass is 16.3. The summed E-state index contributed by atoms with van der Waals surface area (Å²) in [6.45, 7) is 0. The predicted octanol–water partition coefficient (Wildman–Crippen LogP) is 4.03. The summed E-state index contributed by atoms with van der Waals surface area (Å²) in [4.78, 5) is 21.4. The number of nitrogens with zero attached hydrogens (tertiary/aromatic N) is 4. The molecule has 0 aliphatic heterocycles. The van der Waals surface area contributed by atoms with Crippen LogP contribution in [0.1, 0.15) is 10.4 Å². The maximum absolute atomic E-state index is 12.6. The van der Waals surface area contributed by atoms with Crippen LogP contribution in [0.4, 0.5) is 5.82 Å². The fourth-order valence-corrected chi connectivity index (χ4v) is 3.12. The van der Waals surface area contributed by atoms with Crippen molar-refractivity contribution >= 4 is 33.6 Å². The van der Waals surface area contributed by atoms with E-state index in [0.717, 1.165) is 33.0 Å². The molecule has 7 nitrogen and oxygen atoms in total. The van der Waals surface area contributed by atoms with Crippen LogP contribution in [-0.4, -0.2) is 25.7 Å². The third-order valence-corrected chi connectivity index (χ3v) is 4.56. The predicted molar refractivity (Wildman–Crippen MR) is 106 cm³/mol. The maximum Gasteiger partial charge on any atom is 0.256 e. The first-order chi connectivity index (χ1) is 13.7. The molecule has 0 spiro atoms. The van der Waals surface area contributed by atoms with Crippen LogP contribution in [0, 0.1) is 0 Å². The summed E-state index contributed by atoms with van der Waals surface area (Å²) in [5, 5.41) is 8.80. The van der Waals surface area contributed by atoms with E-state index in [0.29, 0.717) is 11.4 Å². The molecule has 28 heavy (non-hydrogen) atoms. The zero-order valence-electron chi connectivity index (χ0n) is 15.0. The second-order valence-electron chi connectivity index (χ2n) is 6.52. The van der Waals surface area contributed by atoms with Gasteiger partial charge in [-0.05, 0) is 36.4 Å². The van der Waals surface area contributed by atoms with Gasteiger partial charge in [0.05, 0.1) is 24.2 Å². The van der Waals surface area contributed by atoms with Crippen LogP contribution in [0.5, 0.6) is 0 Å². The minimum Gasteiger partial charge on any atom is -0.464 e. The number of anilines is 1. The number of rotatable bonds is 3. The minimum atomic E-state index is -0.230. The van der Waals surface area contributed by atoms with Crippen molar-refractivity contribution in [2.75, 3.05) is 5.32 Å². The number of pyridine rings is 2. The molecular formula is C21H15N5O2. The van der Waals surface area contributed by atoms with Crippen molar-refractivity contribution in [2.45, 2.75) is 0 Å². The van der Waals surface area contributed by atoms with Crippen LogP contribution in [0.25, 0.3) is 33.0 Å². The van der Waals surface area contributed by atoms with Crippen molar-refractivity contribution in [3.05, 3.63) is 73.0 Å². The van der Waals surface area contributed by atoms with Crippen LogP contribution in [0.3, 0.4) is 0 Å². The molecule has 1 N–H and O–H groups in total. The Morgan fingerprint density at radius 1 is 1.00 bits per heavy atom. The van der Waals surface area contributed by atoms with E-state index < -0.39 is 0 Å². The van der Waals surface area contributed by atoms with Crippen LogP contribution in [-0.2, 0) is 7.05 Å². The Bertz CT molecular complexity index is 1340. The van der Waals surface area contributed by atoms with E-state index in [-0.39, 0.29) is 5.91 Å². The van der Waals surface area contributed by atoms with Gasteiger partial charge in [0.1, 0.15) is 11.4 Å². The van der Waals surface area contributed by atoms with Gasteiger partial charge in [0.2, 0.25) is 0 Å². The molecule has 0 saturated carbocycles. The third-order valence-electron chi connectivity index (χ3n) is 4.56. The van der Waals surface area contributed by atoms with E-state index in [2.05, 4.69) is 20.4 Å². The van der Waals surface area contributed by atoms with E-state index in [9.17, 15) is 4.79 Å². The molecule has 0 radical (unpaired) electrons. The third kappa shape index (κ3) is 2.88. The summed E-state index contributed by atoms with van der Waals surface area (Å²) >= 11 is 0. The van der Waals surface area contributed by atoms with E-state index in [1.54, 1.807) is 47.7 Å². The molecule has 0 fully saturated rings. The lowest BCUT2D eigenvalue weighted by molar-refractivity contribution is 0.102. The molecule has 0 bridgehead atoms. The highest BCUT2D eigenvalue weighted by Crippen LogP contribution is 2.24. The van der Waals surface area contributed by atoms with Gasteiger partial charge in [-0.2, -0.15) is 5.10 Å². The number of nitrogens with one attached hydrogen (secondary N) is 1. The Kier molecular flexibility index (Phi) is 3.65. The number of carbonyl (C=O) groups excluding carboxylic acids is 1. The molecule has 0 aliphatic carbocycles. The smallest absolute Gasteiger partial charge is 0.256 e. The first-order valence-electron chi connectivity index (χ1n) is 8.69. The number of hydrogen-bond acceptors (Lipinski definition) is 5. The summed E-state index contributed by atoms with van der Waals surface area (Å²) in [6, 6.07) is 10.9. The SMILES string of the molecule is Cn1cc(-c2cnc3cnc(NC(=O)c4ccc5occc5c4)cc3c2)cn1. The molecule has 4 aromatic heterocycles. The first-order valence-corrected chi connectivity index (χ1v) is 8.69. The number of aryl methyl sites for hydroxylation is 1. The van der Waals surface area contributed by atoms with Crippen molar-refractivity contribution < 1.29 is 9.21 Å². The lowest BCUT2D eigenvalue weighted by Crippen LogP contribution is -2.12. The monoisotopic (exact) mass is 369 g/mol. The largest absolute Gasteiger partial charge is 0.464 e. The van der Waals surface area contributed by atoms with E-state index in [1.807, 2.05) is 31.4 Å². The zero-order chi connectivity index (χ0) is 19.1. The molecule has 0 unspecified atom stereocenters. The number of fused-ring (bicyclic) bond motifs is 2. The van der Waals surface area contributed by atoms with Crippen LogP contribution < -0.4 is 5.32 Å². The minimum absolute atomic E-state index is 0.230. The number of hydrogen-bond donors (Lipinski definition) is 1. The summed E-state index contributed by atoms with van der Waals surface area (Å²) in [5.41, 5.74) is 3.97. The second-order valence-corrected chi connectivity index (χ2v) is 6.52. The average Bonchev–Trinajstić information content (AvgIpc) is 3.35. The summed E-state index contributed by atoms with van der Waals surface area (Å²) in [7, 11) is 1.87. The molecule has 5 aromatic rings. The molecule has 7 heteroatoms. The van der Waals surface area contributed by atoms with Gasteiger partial charge < -0.3 is 9.73 Å². The second kappa shape index (κ2) is 6.31.